The van der Waals surface area contributed by atoms with Gasteiger partial charge in [0.25, 0.3) is 0 Å². The van der Waals surface area contributed by atoms with Crippen molar-refractivity contribution in [2.45, 2.75) is 38.5 Å². The quantitative estimate of drug-likeness (QED) is 0.182. The molecule has 0 spiro atoms. The summed E-state index contributed by atoms with van der Waals surface area (Å²) in [5, 5.41) is 4.51. The van der Waals surface area contributed by atoms with E-state index >= 15 is 0 Å². The molecule has 2 aliphatic carbocycles. The van der Waals surface area contributed by atoms with Crippen molar-refractivity contribution in [2.75, 3.05) is 4.90 Å². The highest BCUT2D eigenvalue weighted by molar-refractivity contribution is 6.27. The van der Waals surface area contributed by atoms with Crippen LogP contribution in [0.5, 0.6) is 0 Å². The Balaban J connectivity index is 1.28. The number of furan rings is 1. The Bertz CT molecular complexity index is 2890. The van der Waals surface area contributed by atoms with Crippen LogP contribution in [0.3, 0.4) is 0 Å². The van der Waals surface area contributed by atoms with Crippen molar-refractivity contribution in [3.05, 3.63) is 186 Å². The van der Waals surface area contributed by atoms with E-state index in [2.05, 4.69) is 196 Å². The minimum Gasteiger partial charge on any atom is -0.455 e. The molecule has 0 atom stereocenters. The van der Waals surface area contributed by atoms with Crippen LogP contribution in [0, 0.1) is 0 Å². The van der Waals surface area contributed by atoms with Crippen LogP contribution in [-0.2, 0) is 10.8 Å². The fourth-order valence-corrected chi connectivity index (χ4v) is 9.81. The summed E-state index contributed by atoms with van der Waals surface area (Å²) in [6.07, 6.45) is 0. The molecule has 0 radical (unpaired) electrons. The molecule has 258 valence electrons. The smallest absolute Gasteiger partial charge is 0.144 e. The first kappa shape index (κ1) is 31.2. The van der Waals surface area contributed by atoms with Gasteiger partial charge in [-0.2, -0.15) is 0 Å². The lowest BCUT2D eigenvalue weighted by Gasteiger charge is -2.32. The summed E-state index contributed by atoms with van der Waals surface area (Å²) in [5.74, 6) is 0. The van der Waals surface area contributed by atoms with E-state index in [1.165, 1.54) is 50.1 Å². The molecule has 8 aromatic carbocycles. The normalized spacial score (nSPS) is 14.6. The first-order valence-corrected chi connectivity index (χ1v) is 19.0. The van der Waals surface area contributed by atoms with Gasteiger partial charge in [0.15, 0.2) is 0 Å². The molecule has 0 bridgehead atoms. The standard InChI is InChI=1S/C52H39NO/c1-51(2)42-23-13-10-18-35(42)37-28-26-33(30-44(37)51)53(34-27-29-38-36-19-11-14-24-43(36)52(3,4)45(38)31-34)49-39-20-8-9-21-40(39)50-48(41-22-12-15-25-46(41)54-50)47(49)32-16-6-5-7-17-32/h5-31H,1-4H3. The lowest BCUT2D eigenvalue weighted by molar-refractivity contribution is 0.660. The van der Waals surface area contributed by atoms with Gasteiger partial charge in [-0.1, -0.05) is 161 Å². The minimum atomic E-state index is -0.149. The summed E-state index contributed by atoms with van der Waals surface area (Å²) in [5.41, 5.74) is 18.0. The molecular formula is C52H39NO. The van der Waals surface area contributed by atoms with E-state index in [4.69, 9.17) is 4.42 Å². The highest BCUT2D eigenvalue weighted by Gasteiger charge is 2.38. The molecule has 0 saturated heterocycles. The largest absolute Gasteiger partial charge is 0.455 e. The molecule has 11 rings (SSSR count). The van der Waals surface area contributed by atoms with Gasteiger partial charge in [0.05, 0.1) is 5.69 Å². The van der Waals surface area contributed by atoms with Crippen LogP contribution in [0.1, 0.15) is 49.9 Å². The Labute approximate surface area is 315 Å². The van der Waals surface area contributed by atoms with Gasteiger partial charge in [0.1, 0.15) is 11.2 Å². The number of benzene rings is 8. The van der Waals surface area contributed by atoms with Gasteiger partial charge in [0.2, 0.25) is 0 Å². The number of fused-ring (bicyclic) bond motifs is 11. The van der Waals surface area contributed by atoms with E-state index in [0.717, 1.165) is 55.3 Å². The molecule has 2 aliphatic rings. The highest BCUT2D eigenvalue weighted by atomic mass is 16.3. The molecule has 0 fully saturated rings. The maximum Gasteiger partial charge on any atom is 0.144 e. The van der Waals surface area contributed by atoms with Crippen molar-refractivity contribution < 1.29 is 4.42 Å². The monoisotopic (exact) mass is 693 g/mol. The average molecular weight is 694 g/mol. The highest BCUT2D eigenvalue weighted by Crippen LogP contribution is 2.56. The zero-order chi connectivity index (χ0) is 36.3. The summed E-state index contributed by atoms with van der Waals surface area (Å²) in [6.45, 7) is 9.48. The van der Waals surface area contributed by atoms with Gasteiger partial charge < -0.3 is 9.32 Å². The molecule has 0 unspecified atom stereocenters. The summed E-state index contributed by atoms with van der Waals surface area (Å²) in [7, 11) is 0. The van der Waals surface area contributed by atoms with Gasteiger partial charge in [0, 0.05) is 49.3 Å². The van der Waals surface area contributed by atoms with Crippen LogP contribution in [0.25, 0.3) is 66.1 Å². The van der Waals surface area contributed by atoms with Crippen LogP contribution in [0.2, 0.25) is 0 Å². The van der Waals surface area contributed by atoms with E-state index in [1.807, 2.05) is 0 Å². The first-order chi connectivity index (χ1) is 26.3. The van der Waals surface area contributed by atoms with E-state index in [9.17, 15) is 0 Å². The molecular weight excluding hydrogens is 655 g/mol. The molecule has 1 heterocycles. The molecule has 0 aliphatic heterocycles. The van der Waals surface area contributed by atoms with Gasteiger partial charge in [-0.25, -0.2) is 0 Å². The zero-order valence-electron chi connectivity index (χ0n) is 30.9. The number of para-hydroxylation sites is 1. The van der Waals surface area contributed by atoms with Crippen LogP contribution in [-0.4, -0.2) is 0 Å². The number of nitrogens with zero attached hydrogens (tertiary/aromatic N) is 1. The van der Waals surface area contributed by atoms with Crippen LogP contribution >= 0.6 is 0 Å². The predicted molar refractivity (Wildman–Crippen MR) is 226 cm³/mol. The van der Waals surface area contributed by atoms with Crippen molar-refractivity contribution in [2.24, 2.45) is 0 Å². The maximum atomic E-state index is 6.80. The maximum absolute atomic E-state index is 6.80. The van der Waals surface area contributed by atoms with E-state index in [1.54, 1.807) is 0 Å². The topological polar surface area (TPSA) is 16.4 Å². The van der Waals surface area contributed by atoms with Crippen LogP contribution in [0.15, 0.2) is 168 Å². The molecule has 9 aromatic rings. The molecule has 2 heteroatoms. The Morgan fingerprint density at radius 2 is 0.907 bits per heavy atom. The predicted octanol–water partition coefficient (Wildman–Crippen LogP) is 14.5. The fraction of sp³-hybridized carbons (Fsp3) is 0.115. The molecule has 54 heavy (non-hydrogen) atoms. The number of rotatable bonds is 4. The van der Waals surface area contributed by atoms with Crippen molar-refractivity contribution in [3.63, 3.8) is 0 Å². The second kappa shape index (κ2) is 11.1. The third-order valence-electron chi connectivity index (χ3n) is 12.4. The fourth-order valence-electron chi connectivity index (χ4n) is 9.81. The third kappa shape index (κ3) is 4.17. The molecule has 0 N–H and O–H groups in total. The second-order valence-corrected chi connectivity index (χ2v) is 16.1. The first-order valence-electron chi connectivity index (χ1n) is 19.0. The van der Waals surface area contributed by atoms with E-state index in [-0.39, 0.29) is 10.8 Å². The number of anilines is 3. The lowest BCUT2D eigenvalue weighted by Crippen LogP contribution is -2.18. The zero-order valence-corrected chi connectivity index (χ0v) is 30.9. The summed E-state index contributed by atoms with van der Waals surface area (Å²) < 4.78 is 6.80. The van der Waals surface area contributed by atoms with Crippen molar-refractivity contribution >= 4 is 49.8 Å². The summed E-state index contributed by atoms with van der Waals surface area (Å²) in [4.78, 5) is 2.55. The number of hydrogen-bond donors (Lipinski definition) is 0. The Morgan fingerprint density at radius 3 is 1.52 bits per heavy atom. The van der Waals surface area contributed by atoms with Crippen LogP contribution in [0.4, 0.5) is 17.1 Å². The second-order valence-electron chi connectivity index (χ2n) is 16.1. The summed E-state index contributed by atoms with van der Waals surface area (Å²) in [6, 6.07) is 60.3. The SMILES string of the molecule is CC1(C)c2ccccc2-c2ccc(N(c3ccc4c(c3)C(C)(C)c3ccccc3-4)c3c(-c4ccccc4)c4c5ccccc5oc4c4ccccc34)cc21. The van der Waals surface area contributed by atoms with Gasteiger partial charge in [-0.3, -0.25) is 0 Å². The van der Waals surface area contributed by atoms with Crippen LogP contribution < -0.4 is 4.90 Å². The van der Waals surface area contributed by atoms with Gasteiger partial charge in [-0.15, -0.1) is 0 Å². The lowest BCUT2D eigenvalue weighted by atomic mass is 9.82. The van der Waals surface area contributed by atoms with Gasteiger partial charge in [-0.05, 0) is 80.4 Å². The molecule has 2 nitrogen and oxygen atoms in total. The number of hydrogen-bond acceptors (Lipinski definition) is 2. The molecule has 1 aromatic heterocycles. The molecule has 0 amide bonds. The Kier molecular flexibility index (Phi) is 6.39. The minimum absolute atomic E-state index is 0.149. The van der Waals surface area contributed by atoms with E-state index in [0.29, 0.717) is 0 Å². The van der Waals surface area contributed by atoms with E-state index < -0.39 is 0 Å². The molecule has 0 saturated carbocycles. The van der Waals surface area contributed by atoms with Crippen molar-refractivity contribution in [3.8, 4) is 33.4 Å². The average Bonchev–Trinajstić information content (AvgIpc) is 3.79. The summed E-state index contributed by atoms with van der Waals surface area (Å²) >= 11 is 0. The third-order valence-corrected chi connectivity index (χ3v) is 12.4. The van der Waals surface area contributed by atoms with Crippen molar-refractivity contribution in [1.29, 1.82) is 0 Å². The Morgan fingerprint density at radius 1 is 0.426 bits per heavy atom. The van der Waals surface area contributed by atoms with Gasteiger partial charge >= 0.3 is 0 Å². The Hall–Kier alpha value is -6.38. The van der Waals surface area contributed by atoms with Crippen molar-refractivity contribution in [1.82, 2.24) is 0 Å².